The molecule has 0 bridgehead atoms. The molecule has 1 aromatic carbocycles. The fourth-order valence-electron chi connectivity index (χ4n) is 2.08. The number of benzene rings is 1. The number of fused-ring (bicyclic) bond motifs is 1. The molecule has 0 spiro atoms. The van der Waals surface area contributed by atoms with Gasteiger partial charge in [0.15, 0.2) is 14.6 Å². The standard InChI is InChI=1S/C13H17N3O3S2/c1-3-7-14-11(17)8-16-9-5-4-6-10(21(2,18)19)12(9)15-13(16)20/h4-6H,3,7-8H2,1-2H3,(H,14,17)(H,15,20). The number of carbonyl (C=O) groups is 1. The molecule has 2 aromatic rings. The normalized spacial score (nSPS) is 11.7. The Labute approximate surface area is 128 Å². The van der Waals surface area contributed by atoms with Crippen LogP contribution in [0.2, 0.25) is 0 Å². The smallest absolute Gasteiger partial charge is 0.240 e. The maximum atomic E-state index is 11.8. The number of aromatic nitrogens is 2. The van der Waals surface area contributed by atoms with Crippen LogP contribution < -0.4 is 5.32 Å². The lowest BCUT2D eigenvalue weighted by atomic mass is 10.3. The van der Waals surface area contributed by atoms with Gasteiger partial charge in [-0.15, -0.1) is 0 Å². The number of para-hydroxylation sites is 1. The first-order chi connectivity index (χ1) is 9.84. The van der Waals surface area contributed by atoms with E-state index in [1.54, 1.807) is 16.7 Å². The molecule has 0 aliphatic rings. The average Bonchev–Trinajstić information content (AvgIpc) is 2.71. The summed E-state index contributed by atoms with van der Waals surface area (Å²) in [6, 6.07) is 4.90. The van der Waals surface area contributed by atoms with E-state index in [1.807, 2.05) is 6.92 Å². The highest BCUT2D eigenvalue weighted by molar-refractivity contribution is 7.91. The lowest BCUT2D eigenvalue weighted by molar-refractivity contribution is -0.121. The van der Waals surface area contributed by atoms with Crippen molar-refractivity contribution in [1.29, 1.82) is 0 Å². The van der Waals surface area contributed by atoms with Crippen molar-refractivity contribution in [3.05, 3.63) is 23.0 Å². The van der Waals surface area contributed by atoms with Gasteiger partial charge in [0.05, 0.1) is 15.9 Å². The molecular weight excluding hydrogens is 310 g/mol. The highest BCUT2D eigenvalue weighted by Crippen LogP contribution is 2.22. The maximum Gasteiger partial charge on any atom is 0.240 e. The maximum absolute atomic E-state index is 11.8. The first kappa shape index (κ1) is 15.7. The Hall–Kier alpha value is -1.67. The Balaban J connectivity index is 2.50. The predicted octanol–water partition coefficient (Wildman–Crippen LogP) is 1.63. The predicted molar refractivity (Wildman–Crippen MR) is 83.5 cm³/mol. The molecule has 2 rings (SSSR count). The van der Waals surface area contributed by atoms with E-state index in [9.17, 15) is 13.2 Å². The number of H-pyrrole nitrogens is 1. The van der Waals surface area contributed by atoms with Gasteiger partial charge in [0.25, 0.3) is 0 Å². The monoisotopic (exact) mass is 327 g/mol. The molecule has 1 aromatic heterocycles. The Morgan fingerprint density at radius 2 is 2.14 bits per heavy atom. The molecule has 114 valence electrons. The van der Waals surface area contributed by atoms with Crippen LogP contribution in [0, 0.1) is 4.77 Å². The van der Waals surface area contributed by atoms with Crippen LogP contribution in [0.4, 0.5) is 0 Å². The van der Waals surface area contributed by atoms with Gasteiger partial charge >= 0.3 is 0 Å². The molecule has 21 heavy (non-hydrogen) atoms. The Morgan fingerprint density at radius 1 is 1.43 bits per heavy atom. The van der Waals surface area contributed by atoms with E-state index in [1.165, 1.54) is 6.07 Å². The summed E-state index contributed by atoms with van der Waals surface area (Å²) in [4.78, 5) is 14.9. The molecule has 1 amide bonds. The zero-order valence-electron chi connectivity index (χ0n) is 11.8. The molecule has 0 atom stereocenters. The molecule has 8 heteroatoms. The van der Waals surface area contributed by atoms with E-state index >= 15 is 0 Å². The van der Waals surface area contributed by atoms with Crippen molar-refractivity contribution in [1.82, 2.24) is 14.9 Å². The fourth-order valence-corrected chi connectivity index (χ4v) is 3.20. The number of carbonyl (C=O) groups excluding carboxylic acids is 1. The van der Waals surface area contributed by atoms with Gasteiger partial charge < -0.3 is 14.9 Å². The highest BCUT2D eigenvalue weighted by Gasteiger charge is 2.16. The molecule has 0 fully saturated rings. The van der Waals surface area contributed by atoms with Crippen molar-refractivity contribution in [2.45, 2.75) is 24.8 Å². The summed E-state index contributed by atoms with van der Waals surface area (Å²) in [6.45, 7) is 2.63. The van der Waals surface area contributed by atoms with Crippen LogP contribution in [-0.4, -0.2) is 36.7 Å². The number of amides is 1. The molecule has 0 aliphatic carbocycles. The van der Waals surface area contributed by atoms with Gasteiger partial charge in [-0.1, -0.05) is 13.0 Å². The molecule has 0 saturated heterocycles. The van der Waals surface area contributed by atoms with Crippen LogP contribution in [0.25, 0.3) is 11.0 Å². The highest BCUT2D eigenvalue weighted by atomic mass is 32.2. The number of nitrogens with one attached hydrogen (secondary N) is 2. The third-order valence-corrected chi connectivity index (χ3v) is 4.51. The van der Waals surface area contributed by atoms with Gasteiger partial charge in [0.2, 0.25) is 5.91 Å². The van der Waals surface area contributed by atoms with E-state index in [-0.39, 0.29) is 17.3 Å². The van der Waals surface area contributed by atoms with E-state index in [4.69, 9.17) is 12.2 Å². The second-order valence-corrected chi connectivity index (χ2v) is 7.16. The van der Waals surface area contributed by atoms with Crippen molar-refractivity contribution in [3.63, 3.8) is 0 Å². The van der Waals surface area contributed by atoms with Crippen molar-refractivity contribution >= 4 is 39.0 Å². The summed E-state index contributed by atoms with van der Waals surface area (Å²) in [6.07, 6.45) is 1.99. The minimum Gasteiger partial charge on any atom is -0.355 e. The number of nitrogens with zero attached hydrogens (tertiary/aromatic N) is 1. The van der Waals surface area contributed by atoms with E-state index in [0.29, 0.717) is 22.3 Å². The van der Waals surface area contributed by atoms with Crippen LogP contribution in [0.1, 0.15) is 13.3 Å². The average molecular weight is 327 g/mol. The van der Waals surface area contributed by atoms with Crippen molar-refractivity contribution < 1.29 is 13.2 Å². The van der Waals surface area contributed by atoms with E-state index in [0.717, 1.165) is 12.7 Å². The van der Waals surface area contributed by atoms with Crippen LogP contribution in [-0.2, 0) is 21.2 Å². The van der Waals surface area contributed by atoms with Gasteiger partial charge in [0.1, 0.15) is 6.54 Å². The minimum atomic E-state index is -3.37. The van der Waals surface area contributed by atoms with Crippen LogP contribution >= 0.6 is 12.2 Å². The lowest BCUT2D eigenvalue weighted by Crippen LogP contribution is -2.28. The summed E-state index contributed by atoms with van der Waals surface area (Å²) in [7, 11) is -3.37. The van der Waals surface area contributed by atoms with Gasteiger partial charge in [-0.25, -0.2) is 8.42 Å². The van der Waals surface area contributed by atoms with Crippen molar-refractivity contribution in [2.75, 3.05) is 12.8 Å². The minimum absolute atomic E-state index is 0.0616. The largest absolute Gasteiger partial charge is 0.355 e. The number of imidazole rings is 1. The van der Waals surface area contributed by atoms with Gasteiger partial charge in [0, 0.05) is 12.8 Å². The lowest BCUT2D eigenvalue weighted by Gasteiger charge is -2.06. The van der Waals surface area contributed by atoms with Crippen LogP contribution in [0.3, 0.4) is 0 Å². The molecule has 0 saturated carbocycles. The summed E-state index contributed by atoms with van der Waals surface area (Å²) in [5.41, 5.74) is 1.04. The summed E-state index contributed by atoms with van der Waals surface area (Å²) < 4.78 is 25.5. The molecule has 0 aliphatic heterocycles. The van der Waals surface area contributed by atoms with Gasteiger partial charge in [-0.3, -0.25) is 4.79 Å². The molecule has 0 unspecified atom stereocenters. The van der Waals surface area contributed by atoms with E-state index in [2.05, 4.69) is 10.3 Å². The Kier molecular flexibility index (Phi) is 4.48. The number of hydrogen-bond acceptors (Lipinski definition) is 4. The SMILES string of the molecule is CCCNC(=O)Cn1c(=S)[nH]c2c(S(C)(=O)=O)cccc21. The first-order valence-electron chi connectivity index (χ1n) is 6.53. The van der Waals surface area contributed by atoms with Crippen molar-refractivity contribution in [2.24, 2.45) is 0 Å². The molecule has 0 radical (unpaired) electrons. The van der Waals surface area contributed by atoms with Crippen LogP contribution in [0.5, 0.6) is 0 Å². The zero-order chi connectivity index (χ0) is 15.6. The molecule has 2 N–H and O–H groups in total. The Morgan fingerprint density at radius 3 is 2.76 bits per heavy atom. The topological polar surface area (TPSA) is 84.0 Å². The van der Waals surface area contributed by atoms with E-state index < -0.39 is 9.84 Å². The second-order valence-electron chi connectivity index (χ2n) is 4.79. The molecule has 1 heterocycles. The summed E-state index contributed by atoms with van der Waals surface area (Å²) >= 11 is 5.20. The summed E-state index contributed by atoms with van der Waals surface area (Å²) in [5.74, 6) is -0.154. The van der Waals surface area contributed by atoms with Gasteiger partial charge in [-0.2, -0.15) is 0 Å². The fraction of sp³-hybridized carbons (Fsp3) is 0.385. The quantitative estimate of drug-likeness (QED) is 0.818. The van der Waals surface area contributed by atoms with Gasteiger partial charge in [-0.05, 0) is 30.8 Å². The molecule has 6 nitrogen and oxygen atoms in total. The summed E-state index contributed by atoms with van der Waals surface area (Å²) in [5, 5.41) is 2.77. The zero-order valence-corrected chi connectivity index (χ0v) is 13.5. The number of rotatable bonds is 5. The number of hydrogen-bond donors (Lipinski definition) is 2. The van der Waals surface area contributed by atoms with Crippen LogP contribution in [0.15, 0.2) is 23.1 Å². The number of sulfone groups is 1. The number of aromatic amines is 1. The van der Waals surface area contributed by atoms with Crippen molar-refractivity contribution in [3.8, 4) is 0 Å². The third kappa shape index (κ3) is 3.33. The second kappa shape index (κ2) is 5.98. The third-order valence-electron chi connectivity index (χ3n) is 3.05. The Bertz CT molecular complexity index is 834. The molecular formula is C13H17N3O3S2. The first-order valence-corrected chi connectivity index (χ1v) is 8.83.